The van der Waals surface area contributed by atoms with Gasteiger partial charge in [0.05, 0.1) is 24.2 Å². The van der Waals surface area contributed by atoms with Crippen molar-refractivity contribution in [1.82, 2.24) is 25.9 Å². The molecule has 0 saturated carbocycles. The molecule has 0 bridgehead atoms. The molecule has 0 aliphatic carbocycles. The number of H-pyrrole nitrogens is 1. The number of amides is 3. The number of rotatable bonds is 17. The molecule has 0 saturated heterocycles. The Bertz CT molecular complexity index is 1910. The second kappa shape index (κ2) is 18.4. The molecule has 0 fully saturated rings. The van der Waals surface area contributed by atoms with Gasteiger partial charge in [0, 0.05) is 31.0 Å². The van der Waals surface area contributed by atoms with Gasteiger partial charge in [0.25, 0.3) is 0 Å². The number of aromatic amines is 1. The van der Waals surface area contributed by atoms with Crippen LogP contribution in [0.3, 0.4) is 0 Å². The highest BCUT2D eigenvalue weighted by Gasteiger charge is 2.32. The summed E-state index contributed by atoms with van der Waals surface area (Å²) in [4.78, 5) is 61.4. The molecule has 0 radical (unpaired) electrons. The fourth-order valence-electron chi connectivity index (χ4n) is 6.08. The molecule has 3 amide bonds. The van der Waals surface area contributed by atoms with E-state index in [1.54, 1.807) is 36.5 Å². The Hall–Kier alpha value is -5.81. The Morgan fingerprint density at radius 2 is 1.42 bits per heavy atom. The molecule has 5 N–H and O–H groups in total. The molecule has 1 heterocycles. The van der Waals surface area contributed by atoms with E-state index < -0.39 is 42.1 Å². The van der Waals surface area contributed by atoms with E-state index in [2.05, 4.69) is 25.9 Å². The first-order valence-corrected chi connectivity index (χ1v) is 17.4. The Balaban J connectivity index is 1.36. The Morgan fingerprint density at radius 3 is 2.13 bits per heavy atom. The lowest BCUT2D eigenvalue weighted by molar-refractivity contribution is -0.130. The largest absolute Gasteiger partial charge is 0.445 e. The number of aliphatic hydroxyl groups excluding tert-OH is 1. The van der Waals surface area contributed by atoms with Crippen LogP contribution in [0, 0.1) is 5.92 Å². The van der Waals surface area contributed by atoms with Crippen molar-refractivity contribution >= 4 is 34.5 Å². The van der Waals surface area contributed by atoms with Crippen LogP contribution in [0.4, 0.5) is 4.79 Å². The smallest absolute Gasteiger partial charge is 0.408 e. The summed E-state index contributed by atoms with van der Waals surface area (Å²) in [6.45, 7) is 3.91. The summed E-state index contributed by atoms with van der Waals surface area (Å²) in [6.07, 6.45) is 1.45. The molecule has 11 nitrogen and oxygen atoms in total. The van der Waals surface area contributed by atoms with E-state index in [1.807, 2.05) is 86.6 Å². The monoisotopic (exact) mass is 703 g/mol. The van der Waals surface area contributed by atoms with E-state index in [4.69, 9.17) is 4.74 Å². The second-order valence-electron chi connectivity index (χ2n) is 13.2. The number of benzene rings is 4. The summed E-state index contributed by atoms with van der Waals surface area (Å²) >= 11 is 0. The molecule has 4 aromatic carbocycles. The van der Waals surface area contributed by atoms with Crippen LogP contribution in [-0.2, 0) is 33.8 Å². The van der Waals surface area contributed by atoms with Crippen LogP contribution in [0.2, 0.25) is 0 Å². The third-order valence-corrected chi connectivity index (χ3v) is 8.73. The number of imidazole rings is 1. The lowest BCUT2D eigenvalue weighted by Crippen LogP contribution is -2.57. The number of hydrogen-bond acceptors (Lipinski definition) is 7. The van der Waals surface area contributed by atoms with Crippen molar-refractivity contribution in [2.75, 3.05) is 0 Å². The standard InChI is InChI=1S/C41H45N5O6/c1-27(2)20-34(38(48)23-37(47)30-15-7-4-8-16-30)44-40(50)36(22-32-24-42-26-43-32)45-39(49)35(46-41(51)52-25-28-12-5-3-6-13-28)21-31-18-11-17-29-14-9-10-19-33(29)31/h3-19,24,26-27,34-36,38,48H,20-23,25H2,1-2H3,(H,42,43)(H,44,50)(H,45,49)(H,46,51)/t34?,35-,36+,38?/m0/s1. The van der Waals surface area contributed by atoms with Gasteiger partial charge in [-0.25, -0.2) is 9.78 Å². The number of aliphatic hydroxyl groups is 1. The summed E-state index contributed by atoms with van der Waals surface area (Å²) in [5, 5.41) is 21.6. The third-order valence-electron chi connectivity index (χ3n) is 8.73. The van der Waals surface area contributed by atoms with Crippen LogP contribution in [0.15, 0.2) is 116 Å². The zero-order valence-electron chi connectivity index (χ0n) is 29.3. The number of aromatic nitrogens is 2. The van der Waals surface area contributed by atoms with Gasteiger partial charge in [-0.05, 0) is 34.2 Å². The minimum absolute atomic E-state index is 0.00576. The first kappa shape index (κ1) is 37.4. The maximum atomic E-state index is 14.2. The highest BCUT2D eigenvalue weighted by Crippen LogP contribution is 2.21. The number of nitrogens with one attached hydrogen (secondary N) is 4. The Kier molecular flexibility index (Phi) is 13.3. The fourth-order valence-corrected chi connectivity index (χ4v) is 6.08. The fraction of sp³-hybridized carbons (Fsp3) is 0.293. The number of ether oxygens (including phenoxy) is 1. The first-order chi connectivity index (χ1) is 25.2. The maximum Gasteiger partial charge on any atom is 0.408 e. The van der Waals surface area contributed by atoms with Crippen molar-refractivity contribution in [3.63, 3.8) is 0 Å². The van der Waals surface area contributed by atoms with Crippen LogP contribution in [-0.4, -0.2) is 63.0 Å². The predicted octanol–water partition coefficient (Wildman–Crippen LogP) is 5.29. The summed E-state index contributed by atoms with van der Waals surface area (Å²) in [6, 6.07) is 28.3. The van der Waals surface area contributed by atoms with E-state index >= 15 is 0 Å². The molecule has 0 spiro atoms. The van der Waals surface area contributed by atoms with Gasteiger partial charge in [-0.2, -0.15) is 0 Å². The predicted molar refractivity (Wildman–Crippen MR) is 198 cm³/mol. The van der Waals surface area contributed by atoms with Crippen molar-refractivity contribution in [3.05, 3.63) is 138 Å². The maximum absolute atomic E-state index is 14.2. The van der Waals surface area contributed by atoms with Gasteiger partial charge in [-0.1, -0.05) is 117 Å². The molecule has 11 heteroatoms. The lowest BCUT2D eigenvalue weighted by atomic mass is 9.94. The molecule has 1 aromatic heterocycles. The van der Waals surface area contributed by atoms with Crippen molar-refractivity contribution < 1.29 is 29.0 Å². The Morgan fingerprint density at radius 1 is 0.769 bits per heavy atom. The zero-order chi connectivity index (χ0) is 36.9. The van der Waals surface area contributed by atoms with Crippen LogP contribution in [0.25, 0.3) is 10.8 Å². The molecule has 5 rings (SSSR count). The zero-order valence-corrected chi connectivity index (χ0v) is 29.3. The van der Waals surface area contributed by atoms with E-state index in [1.165, 1.54) is 6.33 Å². The minimum atomic E-state index is -1.18. The molecular formula is C41H45N5O6. The molecule has 270 valence electrons. The number of nitrogens with zero attached hydrogens (tertiary/aromatic N) is 1. The van der Waals surface area contributed by atoms with Crippen molar-refractivity contribution in [3.8, 4) is 0 Å². The lowest BCUT2D eigenvalue weighted by Gasteiger charge is -2.28. The molecule has 4 atom stereocenters. The van der Waals surface area contributed by atoms with E-state index in [0.717, 1.165) is 21.9 Å². The van der Waals surface area contributed by atoms with Crippen LogP contribution in [0.5, 0.6) is 0 Å². The SMILES string of the molecule is CC(C)CC(NC(=O)[C@@H](Cc1c[nH]cn1)NC(=O)[C@H](Cc1cccc2ccccc12)NC(=O)OCc1ccccc1)C(O)CC(=O)c1ccccc1. The van der Waals surface area contributed by atoms with Crippen molar-refractivity contribution in [2.45, 2.75) is 70.4 Å². The first-order valence-electron chi connectivity index (χ1n) is 17.4. The van der Waals surface area contributed by atoms with Crippen molar-refractivity contribution in [1.29, 1.82) is 0 Å². The van der Waals surface area contributed by atoms with Gasteiger partial charge < -0.3 is 30.8 Å². The van der Waals surface area contributed by atoms with Gasteiger partial charge in [0.1, 0.15) is 18.7 Å². The summed E-state index contributed by atoms with van der Waals surface area (Å²) < 4.78 is 5.47. The topological polar surface area (TPSA) is 163 Å². The normalized spacial score (nSPS) is 13.5. The van der Waals surface area contributed by atoms with Crippen LogP contribution in [0.1, 0.15) is 53.9 Å². The van der Waals surface area contributed by atoms with Gasteiger partial charge in [0.2, 0.25) is 11.8 Å². The molecular weight excluding hydrogens is 658 g/mol. The number of alkyl carbamates (subject to hydrolysis) is 1. The minimum Gasteiger partial charge on any atom is -0.445 e. The highest BCUT2D eigenvalue weighted by atomic mass is 16.5. The highest BCUT2D eigenvalue weighted by molar-refractivity contribution is 5.96. The Labute approximate surface area is 303 Å². The van der Waals surface area contributed by atoms with Gasteiger partial charge in [-0.3, -0.25) is 14.4 Å². The molecule has 0 aliphatic rings. The summed E-state index contributed by atoms with van der Waals surface area (Å²) in [7, 11) is 0. The second-order valence-corrected chi connectivity index (χ2v) is 13.2. The number of Topliss-reactive ketones (excluding diaryl/α,β-unsaturated/α-hetero) is 1. The van der Waals surface area contributed by atoms with E-state index in [-0.39, 0.29) is 37.6 Å². The van der Waals surface area contributed by atoms with Gasteiger partial charge in [-0.15, -0.1) is 0 Å². The summed E-state index contributed by atoms with van der Waals surface area (Å²) in [5.41, 5.74) is 2.58. The molecule has 52 heavy (non-hydrogen) atoms. The third kappa shape index (κ3) is 10.8. The number of fused-ring (bicyclic) bond motifs is 1. The average Bonchev–Trinajstić information content (AvgIpc) is 3.67. The number of carbonyl (C=O) groups is 4. The van der Waals surface area contributed by atoms with E-state index in [9.17, 15) is 24.3 Å². The number of ketones is 1. The number of carbonyl (C=O) groups excluding carboxylic acids is 4. The van der Waals surface area contributed by atoms with Gasteiger partial charge >= 0.3 is 6.09 Å². The molecule has 5 aromatic rings. The average molecular weight is 704 g/mol. The molecule has 0 aliphatic heterocycles. The van der Waals surface area contributed by atoms with Crippen LogP contribution < -0.4 is 16.0 Å². The van der Waals surface area contributed by atoms with Crippen molar-refractivity contribution in [2.24, 2.45) is 5.92 Å². The quantitative estimate of drug-likeness (QED) is 0.0822. The summed E-state index contributed by atoms with van der Waals surface area (Å²) in [5.74, 6) is -1.36. The molecule has 2 unspecified atom stereocenters. The van der Waals surface area contributed by atoms with Gasteiger partial charge in [0.15, 0.2) is 5.78 Å². The number of hydrogen-bond donors (Lipinski definition) is 5. The van der Waals surface area contributed by atoms with E-state index in [0.29, 0.717) is 17.7 Å². The van der Waals surface area contributed by atoms with Crippen LogP contribution >= 0.6 is 0 Å².